The molecule has 0 bridgehead atoms. The Bertz CT molecular complexity index is 271. The molecule has 0 spiro atoms. The molecule has 0 N–H and O–H groups in total. The van der Waals surface area contributed by atoms with Gasteiger partial charge in [0.1, 0.15) is 0 Å². The molecule has 0 aliphatic heterocycles. The molecule has 0 atom stereocenters. The number of rotatable bonds is 1. The molecular weight excluding hydrogens is 255 g/mol. The van der Waals surface area contributed by atoms with E-state index >= 15 is 0 Å². The summed E-state index contributed by atoms with van der Waals surface area (Å²) >= 11 is 1.70. The Kier molecular flexibility index (Phi) is 8.05. The minimum absolute atomic E-state index is 0. The first-order valence-electron chi connectivity index (χ1n) is 3.98. The van der Waals surface area contributed by atoms with Crippen LogP contribution in [0.25, 0.3) is 0 Å². The molecule has 77 valence electrons. The molecule has 0 heterocycles. The molecular formula is C10H13Cl2OTi. The van der Waals surface area contributed by atoms with Crippen LogP contribution >= 0.6 is 0 Å². The molecule has 0 aliphatic rings. The van der Waals surface area contributed by atoms with Gasteiger partial charge in [0.15, 0.2) is 0 Å². The first-order chi connectivity index (χ1) is 5.54. The summed E-state index contributed by atoms with van der Waals surface area (Å²) in [6.45, 7) is 6.59. The van der Waals surface area contributed by atoms with Gasteiger partial charge in [-0.05, 0) is 0 Å². The summed E-state index contributed by atoms with van der Waals surface area (Å²) in [7, 11) is 0. The van der Waals surface area contributed by atoms with Crippen LogP contribution in [-0.2, 0) is 26.2 Å². The summed E-state index contributed by atoms with van der Waals surface area (Å²) in [4.78, 5) is 0. The van der Waals surface area contributed by atoms with E-state index in [9.17, 15) is 0 Å². The zero-order valence-corrected chi connectivity index (χ0v) is 11.5. The minimum Gasteiger partial charge on any atom is -1.00 e. The van der Waals surface area contributed by atoms with Crippen LogP contribution in [-0.4, -0.2) is 0 Å². The zero-order chi connectivity index (χ0) is 9.19. The third kappa shape index (κ3) is 4.70. The van der Waals surface area contributed by atoms with Crippen molar-refractivity contribution in [2.45, 2.75) is 26.2 Å². The Morgan fingerprint density at radius 2 is 1.71 bits per heavy atom. The van der Waals surface area contributed by atoms with Crippen molar-refractivity contribution in [2.24, 2.45) is 0 Å². The third-order valence-corrected chi connectivity index (χ3v) is 2.19. The summed E-state index contributed by atoms with van der Waals surface area (Å²) in [5, 5.41) is 0. The average Bonchev–Trinajstić information content (AvgIpc) is 2.03. The molecule has 0 fully saturated rings. The van der Waals surface area contributed by atoms with Gasteiger partial charge >= 0.3 is 85.9 Å². The fraction of sp³-hybridized carbons (Fsp3) is 0.400. The van der Waals surface area contributed by atoms with Crippen molar-refractivity contribution in [3.05, 3.63) is 29.8 Å². The number of halogens is 2. The smallest absolute Gasteiger partial charge is 1.00 e. The van der Waals surface area contributed by atoms with E-state index in [1.165, 1.54) is 5.56 Å². The predicted octanol–water partition coefficient (Wildman–Crippen LogP) is -3.17. The van der Waals surface area contributed by atoms with Crippen molar-refractivity contribution in [1.29, 1.82) is 0 Å². The van der Waals surface area contributed by atoms with E-state index in [1.54, 1.807) is 20.8 Å². The molecule has 0 aliphatic carbocycles. The van der Waals surface area contributed by atoms with Gasteiger partial charge in [0.05, 0.1) is 0 Å². The van der Waals surface area contributed by atoms with Crippen LogP contribution in [0.4, 0.5) is 0 Å². The van der Waals surface area contributed by atoms with Crippen molar-refractivity contribution < 1.29 is 49.0 Å². The summed E-state index contributed by atoms with van der Waals surface area (Å²) in [5.74, 6) is 0.933. The van der Waals surface area contributed by atoms with E-state index in [0.29, 0.717) is 0 Å². The topological polar surface area (TPSA) is 9.23 Å². The predicted molar refractivity (Wildman–Crippen MR) is 45.8 cm³/mol. The van der Waals surface area contributed by atoms with Crippen molar-refractivity contribution in [1.82, 2.24) is 0 Å². The summed E-state index contributed by atoms with van der Waals surface area (Å²) in [6, 6.07) is 8.21. The Balaban J connectivity index is 0. The maximum atomic E-state index is 5.15. The first kappa shape index (κ1) is 16.7. The second-order valence-electron chi connectivity index (χ2n) is 3.88. The Morgan fingerprint density at radius 1 is 1.14 bits per heavy atom. The van der Waals surface area contributed by atoms with Gasteiger partial charge < -0.3 is 24.8 Å². The number of benzene rings is 1. The van der Waals surface area contributed by atoms with Crippen molar-refractivity contribution in [3.8, 4) is 5.75 Å². The molecule has 0 radical (unpaired) electrons. The maximum absolute atomic E-state index is 5.15. The van der Waals surface area contributed by atoms with E-state index in [0.717, 1.165) is 5.75 Å². The van der Waals surface area contributed by atoms with Crippen LogP contribution in [0.5, 0.6) is 5.75 Å². The maximum Gasteiger partial charge on any atom is -1.00 e. The normalized spacial score (nSPS) is 9.79. The van der Waals surface area contributed by atoms with Crippen molar-refractivity contribution >= 4 is 0 Å². The van der Waals surface area contributed by atoms with Crippen LogP contribution in [0, 0.1) is 0 Å². The molecule has 1 rings (SSSR count). The van der Waals surface area contributed by atoms with E-state index in [2.05, 4.69) is 32.9 Å². The van der Waals surface area contributed by atoms with Crippen LogP contribution < -0.4 is 28.1 Å². The Labute approximate surface area is 110 Å². The molecule has 0 aromatic heterocycles. The molecule has 0 amide bonds. The molecule has 1 aromatic carbocycles. The summed E-state index contributed by atoms with van der Waals surface area (Å²) < 4.78 is 5.15. The molecule has 4 heteroatoms. The molecule has 1 nitrogen and oxygen atoms in total. The Hall–Kier alpha value is 0.314. The second kappa shape index (κ2) is 6.73. The average molecular weight is 268 g/mol. The number of hydrogen-bond acceptors (Lipinski definition) is 1. The fourth-order valence-corrected chi connectivity index (χ4v) is 1.22. The molecule has 14 heavy (non-hydrogen) atoms. The van der Waals surface area contributed by atoms with Crippen molar-refractivity contribution in [2.75, 3.05) is 0 Å². The van der Waals surface area contributed by atoms with Gasteiger partial charge in [-0.15, -0.1) is 0 Å². The quantitative estimate of drug-likeness (QED) is 0.488. The molecule has 1 aromatic rings. The molecule has 0 saturated carbocycles. The number of hydrogen-bond donors (Lipinski definition) is 0. The van der Waals surface area contributed by atoms with Gasteiger partial charge in [-0.3, -0.25) is 0 Å². The zero-order valence-electron chi connectivity index (χ0n) is 8.47. The Morgan fingerprint density at radius 3 is 2.14 bits per heavy atom. The van der Waals surface area contributed by atoms with E-state index in [1.807, 2.05) is 12.1 Å². The third-order valence-electron chi connectivity index (χ3n) is 1.82. The van der Waals surface area contributed by atoms with Crippen LogP contribution in [0.3, 0.4) is 0 Å². The van der Waals surface area contributed by atoms with E-state index in [-0.39, 0.29) is 30.2 Å². The largest absolute Gasteiger partial charge is 1.00 e. The van der Waals surface area contributed by atoms with E-state index < -0.39 is 0 Å². The van der Waals surface area contributed by atoms with Crippen LogP contribution in [0.1, 0.15) is 26.3 Å². The van der Waals surface area contributed by atoms with Crippen LogP contribution in [0.15, 0.2) is 24.3 Å². The minimum atomic E-state index is 0. The monoisotopic (exact) mass is 267 g/mol. The van der Waals surface area contributed by atoms with Gasteiger partial charge in [-0.2, -0.15) is 0 Å². The molecule has 0 unspecified atom stereocenters. The standard InChI is InChI=1S/C10H14O.2ClH.Ti/c1-10(2,3)8-5-4-6-9(11)7-8;;;/h4-7,11H,1-3H3;2*1H;/q;;;+3/p-3. The van der Waals surface area contributed by atoms with Crippen molar-refractivity contribution in [3.63, 3.8) is 0 Å². The van der Waals surface area contributed by atoms with E-state index in [4.69, 9.17) is 3.32 Å². The van der Waals surface area contributed by atoms with Gasteiger partial charge in [0, 0.05) is 0 Å². The molecule has 0 saturated heterocycles. The van der Waals surface area contributed by atoms with Gasteiger partial charge in [-0.1, -0.05) is 0 Å². The van der Waals surface area contributed by atoms with Crippen LogP contribution in [0.2, 0.25) is 0 Å². The summed E-state index contributed by atoms with van der Waals surface area (Å²) in [6.07, 6.45) is 0. The fourth-order valence-electron chi connectivity index (χ4n) is 1.03. The van der Waals surface area contributed by atoms with Gasteiger partial charge in [0.2, 0.25) is 0 Å². The van der Waals surface area contributed by atoms with Gasteiger partial charge in [-0.25, -0.2) is 0 Å². The van der Waals surface area contributed by atoms with Gasteiger partial charge in [0.25, 0.3) is 0 Å². The summed E-state index contributed by atoms with van der Waals surface area (Å²) in [5.41, 5.74) is 1.51. The first-order valence-corrected chi connectivity index (χ1v) is 4.62. The SMILES string of the molecule is CC(C)(C)c1cccc([O][Ti+2])c1.[Cl-].[Cl-]. The second-order valence-corrected chi connectivity index (χ2v) is 4.20.